The molecule has 0 aliphatic carbocycles. The Bertz CT molecular complexity index is 196. The lowest BCUT2D eigenvalue weighted by molar-refractivity contribution is -0.00000255. The van der Waals surface area contributed by atoms with Gasteiger partial charge in [0.1, 0.15) is 0 Å². The van der Waals surface area contributed by atoms with Crippen LogP contribution < -0.4 is 23.0 Å². The molecule has 0 saturated carbocycles. The molecule has 0 bridgehead atoms. The molecule has 0 unspecified atom stereocenters. The monoisotopic (exact) mass is 199 g/mol. The lowest BCUT2D eigenvalue weighted by atomic mass is 10.3. The molecule has 74 valence electrons. The van der Waals surface area contributed by atoms with Gasteiger partial charge < -0.3 is 23.0 Å². The van der Waals surface area contributed by atoms with E-state index in [4.69, 9.17) is 0 Å². The molecule has 3 heteroatoms. The van der Waals surface area contributed by atoms with E-state index in [0.29, 0.717) is 0 Å². The first kappa shape index (κ1) is 12.1. The minimum Gasteiger partial charge on any atom is -1.00 e. The van der Waals surface area contributed by atoms with Gasteiger partial charge in [0.15, 0.2) is 0 Å². The van der Waals surface area contributed by atoms with E-state index in [1.165, 1.54) is 11.4 Å². The minimum absolute atomic E-state index is 0. The van der Waals surface area contributed by atoms with E-state index in [9.17, 15) is 0 Å². The lowest BCUT2D eigenvalue weighted by Crippen LogP contribution is -3.00. The van der Waals surface area contributed by atoms with Crippen molar-refractivity contribution in [3.63, 3.8) is 0 Å². The summed E-state index contributed by atoms with van der Waals surface area (Å²) in [5.41, 5.74) is 2.36. The summed E-state index contributed by atoms with van der Waals surface area (Å²) in [6.45, 7) is 6.14. The van der Waals surface area contributed by atoms with Crippen molar-refractivity contribution < 1.29 is 12.4 Å². The van der Waals surface area contributed by atoms with Crippen molar-refractivity contribution in [2.75, 3.05) is 23.7 Å². The number of rotatable bonds is 4. The van der Waals surface area contributed by atoms with Crippen LogP contribution in [-0.2, 0) is 0 Å². The third kappa shape index (κ3) is 4.04. The molecule has 2 nitrogen and oxygen atoms in total. The molecule has 0 aliphatic heterocycles. The molecular formula is C10H16ClN2-. The SMILES string of the molecule is CCNc1ccc(NCC)cc1.[Cl-]. The molecule has 0 aliphatic rings. The molecule has 2 N–H and O–H groups in total. The fraction of sp³-hybridized carbons (Fsp3) is 0.400. The highest BCUT2D eigenvalue weighted by molar-refractivity contribution is 5.53. The number of nitrogens with one attached hydrogen (secondary N) is 2. The van der Waals surface area contributed by atoms with Crippen LogP contribution in [0.1, 0.15) is 13.8 Å². The van der Waals surface area contributed by atoms with Crippen molar-refractivity contribution in [2.45, 2.75) is 13.8 Å². The maximum Gasteiger partial charge on any atom is 0.0341 e. The number of halogens is 1. The molecule has 0 amide bonds. The second-order valence-electron chi connectivity index (χ2n) is 2.64. The van der Waals surface area contributed by atoms with Gasteiger partial charge in [0.2, 0.25) is 0 Å². The van der Waals surface area contributed by atoms with Crippen LogP contribution in [0.25, 0.3) is 0 Å². The average Bonchev–Trinajstić information content (AvgIpc) is 2.09. The third-order valence-electron chi connectivity index (χ3n) is 1.65. The predicted molar refractivity (Wildman–Crippen MR) is 54.8 cm³/mol. The third-order valence-corrected chi connectivity index (χ3v) is 1.65. The van der Waals surface area contributed by atoms with Crippen molar-refractivity contribution in [1.82, 2.24) is 0 Å². The number of hydrogen-bond acceptors (Lipinski definition) is 2. The van der Waals surface area contributed by atoms with Crippen LogP contribution in [0.15, 0.2) is 24.3 Å². The standard InChI is InChI=1S/C10H16N2.ClH/c1-3-11-9-5-7-10(8-6-9)12-4-2;/h5-8,11-12H,3-4H2,1-2H3;1H/p-1. The highest BCUT2D eigenvalue weighted by Gasteiger charge is 1.90. The summed E-state index contributed by atoms with van der Waals surface area (Å²) in [7, 11) is 0. The Morgan fingerprint density at radius 1 is 0.846 bits per heavy atom. The zero-order valence-corrected chi connectivity index (χ0v) is 8.86. The Hall–Kier alpha value is -0.890. The topological polar surface area (TPSA) is 24.1 Å². The Balaban J connectivity index is 0.00000144. The second-order valence-corrected chi connectivity index (χ2v) is 2.64. The van der Waals surface area contributed by atoms with Crippen LogP contribution in [0.2, 0.25) is 0 Å². The Kier molecular flexibility index (Phi) is 6.15. The molecule has 0 aromatic heterocycles. The van der Waals surface area contributed by atoms with E-state index in [1.54, 1.807) is 0 Å². The summed E-state index contributed by atoms with van der Waals surface area (Å²) in [4.78, 5) is 0. The quantitative estimate of drug-likeness (QED) is 0.687. The highest BCUT2D eigenvalue weighted by atomic mass is 35.5. The summed E-state index contributed by atoms with van der Waals surface area (Å²) in [5.74, 6) is 0. The molecule has 1 aromatic carbocycles. The van der Waals surface area contributed by atoms with Gasteiger partial charge in [0, 0.05) is 24.5 Å². The van der Waals surface area contributed by atoms with Gasteiger partial charge in [-0.3, -0.25) is 0 Å². The van der Waals surface area contributed by atoms with Gasteiger partial charge in [-0.2, -0.15) is 0 Å². The zero-order valence-electron chi connectivity index (χ0n) is 8.10. The van der Waals surface area contributed by atoms with Gasteiger partial charge in [0.25, 0.3) is 0 Å². The van der Waals surface area contributed by atoms with E-state index in [0.717, 1.165) is 13.1 Å². The summed E-state index contributed by atoms with van der Waals surface area (Å²) >= 11 is 0. The van der Waals surface area contributed by atoms with E-state index < -0.39 is 0 Å². The maximum absolute atomic E-state index is 3.25. The molecule has 0 spiro atoms. The van der Waals surface area contributed by atoms with Gasteiger partial charge in [0.05, 0.1) is 0 Å². The van der Waals surface area contributed by atoms with Crippen LogP contribution in [-0.4, -0.2) is 13.1 Å². The van der Waals surface area contributed by atoms with Crippen LogP contribution in [0.4, 0.5) is 11.4 Å². The molecule has 1 rings (SSSR count). The molecule has 0 atom stereocenters. The lowest BCUT2D eigenvalue weighted by Gasteiger charge is -2.05. The van der Waals surface area contributed by atoms with Gasteiger partial charge >= 0.3 is 0 Å². The van der Waals surface area contributed by atoms with E-state index in [1.807, 2.05) is 0 Å². The summed E-state index contributed by atoms with van der Waals surface area (Å²) in [6, 6.07) is 8.34. The first-order chi connectivity index (χ1) is 5.86. The van der Waals surface area contributed by atoms with Crippen molar-refractivity contribution in [3.8, 4) is 0 Å². The summed E-state index contributed by atoms with van der Waals surface area (Å²) in [5, 5.41) is 6.50. The predicted octanol–water partition coefficient (Wildman–Crippen LogP) is -0.446. The fourth-order valence-corrected chi connectivity index (χ4v) is 1.11. The van der Waals surface area contributed by atoms with Crippen molar-refractivity contribution in [1.29, 1.82) is 0 Å². The van der Waals surface area contributed by atoms with E-state index in [2.05, 4.69) is 48.7 Å². The maximum atomic E-state index is 3.25. The smallest absolute Gasteiger partial charge is 0.0341 e. The molecule has 0 radical (unpaired) electrons. The normalized spacial score (nSPS) is 8.77. The Labute approximate surface area is 86.1 Å². The highest BCUT2D eigenvalue weighted by Crippen LogP contribution is 2.12. The molecule has 0 heterocycles. The van der Waals surface area contributed by atoms with E-state index in [-0.39, 0.29) is 12.4 Å². The van der Waals surface area contributed by atoms with Gasteiger partial charge in [-0.15, -0.1) is 0 Å². The number of hydrogen-bond donors (Lipinski definition) is 2. The molecule has 0 fully saturated rings. The second kappa shape index (κ2) is 6.61. The van der Waals surface area contributed by atoms with Crippen LogP contribution in [0, 0.1) is 0 Å². The molecule has 0 saturated heterocycles. The Morgan fingerprint density at radius 2 is 1.15 bits per heavy atom. The van der Waals surface area contributed by atoms with Crippen molar-refractivity contribution in [2.24, 2.45) is 0 Å². The Morgan fingerprint density at radius 3 is 1.38 bits per heavy atom. The van der Waals surface area contributed by atoms with Crippen molar-refractivity contribution in [3.05, 3.63) is 24.3 Å². The first-order valence-electron chi connectivity index (χ1n) is 4.44. The minimum atomic E-state index is 0. The van der Waals surface area contributed by atoms with Gasteiger partial charge in [-0.05, 0) is 38.1 Å². The van der Waals surface area contributed by atoms with Crippen LogP contribution in [0.3, 0.4) is 0 Å². The number of anilines is 2. The molecule has 13 heavy (non-hydrogen) atoms. The summed E-state index contributed by atoms with van der Waals surface area (Å²) in [6.07, 6.45) is 0. The van der Waals surface area contributed by atoms with Crippen LogP contribution in [0.5, 0.6) is 0 Å². The zero-order chi connectivity index (χ0) is 8.81. The molecular weight excluding hydrogens is 184 g/mol. The van der Waals surface area contributed by atoms with Crippen LogP contribution >= 0.6 is 0 Å². The molecule has 1 aromatic rings. The number of benzene rings is 1. The van der Waals surface area contributed by atoms with Gasteiger partial charge in [-0.25, -0.2) is 0 Å². The fourth-order valence-electron chi connectivity index (χ4n) is 1.11. The largest absolute Gasteiger partial charge is 1.00 e. The first-order valence-corrected chi connectivity index (χ1v) is 4.44. The average molecular weight is 200 g/mol. The summed E-state index contributed by atoms with van der Waals surface area (Å²) < 4.78 is 0. The van der Waals surface area contributed by atoms with Gasteiger partial charge in [-0.1, -0.05) is 0 Å². The van der Waals surface area contributed by atoms with Crippen molar-refractivity contribution >= 4 is 11.4 Å². The van der Waals surface area contributed by atoms with E-state index >= 15 is 0 Å².